The number of aryl methyl sites for hydroxylation is 4. The molecule has 6 heteroatoms. The SMILES string of the molecule is Cc1cc(C)cc(-c2ccc(C3=C4C(=O)N(C)C(c5ccc(-c6cc(C)cc(C)c6)s5)=C4C(=O)N3C)s2)c1. The van der Waals surface area contributed by atoms with Gasteiger partial charge in [0.2, 0.25) is 0 Å². The molecule has 0 bridgehead atoms. The molecule has 2 aromatic carbocycles. The molecule has 2 aromatic heterocycles. The van der Waals surface area contributed by atoms with E-state index in [4.69, 9.17) is 0 Å². The van der Waals surface area contributed by atoms with Gasteiger partial charge in [-0.25, -0.2) is 0 Å². The van der Waals surface area contributed by atoms with Crippen molar-refractivity contribution in [1.29, 1.82) is 0 Å². The number of carbonyl (C=O) groups excluding carboxylic acids is 2. The van der Waals surface area contributed by atoms with E-state index >= 15 is 0 Å². The fourth-order valence-corrected chi connectivity index (χ4v) is 7.74. The van der Waals surface area contributed by atoms with Crippen LogP contribution in [-0.2, 0) is 9.59 Å². The molecule has 0 spiro atoms. The Hall–Kier alpha value is -3.74. The van der Waals surface area contributed by atoms with Crippen molar-refractivity contribution < 1.29 is 9.59 Å². The third-order valence-electron chi connectivity index (χ3n) is 7.12. The smallest absolute Gasteiger partial charge is 0.261 e. The number of carbonyl (C=O) groups is 2. The van der Waals surface area contributed by atoms with Crippen molar-refractivity contribution in [2.75, 3.05) is 14.1 Å². The summed E-state index contributed by atoms with van der Waals surface area (Å²) >= 11 is 3.23. The Morgan fingerprint density at radius 2 is 0.816 bits per heavy atom. The first-order chi connectivity index (χ1) is 18.1. The van der Waals surface area contributed by atoms with Gasteiger partial charge in [0.1, 0.15) is 0 Å². The number of rotatable bonds is 4. The Kier molecular flexibility index (Phi) is 5.78. The predicted octanol–water partition coefficient (Wildman–Crippen LogP) is 7.44. The zero-order valence-electron chi connectivity index (χ0n) is 22.3. The van der Waals surface area contributed by atoms with Gasteiger partial charge in [0.15, 0.2) is 0 Å². The lowest BCUT2D eigenvalue weighted by Crippen LogP contribution is -2.24. The Morgan fingerprint density at radius 1 is 0.500 bits per heavy atom. The summed E-state index contributed by atoms with van der Waals surface area (Å²) in [5, 5.41) is 0. The minimum Gasteiger partial charge on any atom is -0.309 e. The number of fused-ring (bicyclic) bond motifs is 1. The number of likely N-dealkylation sites (N-methyl/N-ethyl adjacent to an activating group) is 2. The molecule has 2 aliphatic rings. The summed E-state index contributed by atoms with van der Waals surface area (Å²) in [6, 6.07) is 21.2. The van der Waals surface area contributed by atoms with E-state index < -0.39 is 0 Å². The molecule has 4 aromatic rings. The summed E-state index contributed by atoms with van der Waals surface area (Å²) in [5.74, 6) is -0.268. The minimum absolute atomic E-state index is 0.134. The van der Waals surface area contributed by atoms with Gasteiger partial charge >= 0.3 is 0 Å². The fraction of sp³-hybridized carbons (Fsp3) is 0.188. The zero-order chi connectivity index (χ0) is 26.9. The maximum atomic E-state index is 13.6. The summed E-state index contributed by atoms with van der Waals surface area (Å²) < 4.78 is 0. The highest BCUT2D eigenvalue weighted by atomic mass is 32.1. The van der Waals surface area contributed by atoms with E-state index in [1.54, 1.807) is 46.6 Å². The average Bonchev–Trinajstić information content (AvgIpc) is 3.61. The van der Waals surface area contributed by atoms with E-state index in [1.165, 1.54) is 22.3 Å². The normalized spacial score (nSPS) is 15.4. The number of benzene rings is 2. The first kappa shape index (κ1) is 24.6. The molecule has 4 heterocycles. The number of thiophene rings is 2. The molecule has 2 amide bonds. The van der Waals surface area contributed by atoms with Crippen molar-refractivity contribution in [2.45, 2.75) is 27.7 Å². The van der Waals surface area contributed by atoms with Gasteiger partial charge in [0.25, 0.3) is 11.8 Å². The van der Waals surface area contributed by atoms with Gasteiger partial charge in [-0.05, 0) is 63.1 Å². The van der Waals surface area contributed by atoms with Gasteiger partial charge in [0, 0.05) is 23.8 Å². The minimum atomic E-state index is -0.134. The fourth-order valence-electron chi connectivity index (χ4n) is 5.58. The third kappa shape index (κ3) is 3.87. The van der Waals surface area contributed by atoms with E-state index in [9.17, 15) is 9.59 Å². The van der Waals surface area contributed by atoms with Crippen LogP contribution in [0.15, 0.2) is 71.8 Å². The third-order valence-corrected chi connectivity index (χ3v) is 9.40. The lowest BCUT2D eigenvalue weighted by Gasteiger charge is -2.18. The van der Waals surface area contributed by atoms with Crippen molar-refractivity contribution in [2.24, 2.45) is 0 Å². The van der Waals surface area contributed by atoms with Gasteiger partial charge in [-0.3, -0.25) is 9.59 Å². The summed E-state index contributed by atoms with van der Waals surface area (Å²) in [6.45, 7) is 8.39. The van der Waals surface area contributed by atoms with E-state index in [0.717, 1.165) is 30.6 Å². The highest BCUT2D eigenvalue weighted by molar-refractivity contribution is 7.17. The van der Waals surface area contributed by atoms with Crippen molar-refractivity contribution in [3.63, 3.8) is 0 Å². The van der Waals surface area contributed by atoms with Gasteiger partial charge in [-0.15, -0.1) is 22.7 Å². The van der Waals surface area contributed by atoms with Crippen molar-refractivity contribution in [3.8, 4) is 20.9 Å². The maximum Gasteiger partial charge on any atom is 0.261 e. The highest BCUT2D eigenvalue weighted by Crippen LogP contribution is 2.48. The van der Waals surface area contributed by atoms with E-state index in [2.05, 4.69) is 76.2 Å². The van der Waals surface area contributed by atoms with Crippen molar-refractivity contribution in [3.05, 3.63) is 104 Å². The second-order valence-corrected chi connectivity index (χ2v) is 12.4. The largest absolute Gasteiger partial charge is 0.309 e. The van der Waals surface area contributed by atoms with Gasteiger partial charge in [-0.1, -0.05) is 58.7 Å². The van der Waals surface area contributed by atoms with Gasteiger partial charge in [-0.2, -0.15) is 0 Å². The second kappa shape index (κ2) is 8.93. The Balaban J connectivity index is 1.46. The average molecular weight is 537 g/mol. The molecule has 0 N–H and O–H groups in total. The van der Waals surface area contributed by atoms with Crippen LogP contribution in [0.25, 0.3) is 32.3 Å². The number of amides is 2. The van der Waals surface area contributed by atoms with Crippen molar-refractivity contribution >= 4 is 45.9 Å². The van der Waals surface area contributed by atoms with Crippen LogP contribution in [-0.4, -0.2) is 35.7 Å². The summed E-state index contributed by atoms with van der Waals surface area (Å²) in [5.41, 5.74) is 9.56. The molecule has 0 aliphatic carbocycles. The van der Waals surface area contributed by atoms with Crippen LogP contribution in [0.1, 0.15) is 32.0 Å². The molecule has 0 fully saturated rings. The quantitative estimate of drug-likeness (QED) is 0.272. The monoisotopic (exact) mass is 536 g/mol. The molecular formula is C32H28N2O2S2. The van der Waals surface area contributed by atoms with Crippen LogP contribution in [0.2, 0.25) is 0 Å². The number of hydrogen-bond donors (Lipinski definition) is 0. The predicted molar refractivity (Wildman–Crippen MR) is 158 cm³/mol. The van der Waals surface area contributed by atoms with Gasteiger partial charge < -0.3 is 9.80 Å². The van der Waals surface area contributed by atoms with Crippen LogP contribution in [0, 0.1) is 27.7 Å². The molecule has 0 saturated carbocycles. The summed E-state index contributed by atoms with van der Waals surface area (Å²) in [4.78, 5) is 34.6. The first-order valence-electron chi connectivity index (χ1n) is 12.5. The lowest BCUT2D eigenvalue weighted by atomic mass is 10.1. The topological polar surface area (TPSA) is 40.6 Å². The Labute approximate surface area is 231 Å². The van der Waals surface area contributed by atoms with Crippen LogP contribution in [0.3, 0.4) is 0 Å². The Bertz CT molecular complexity index is 1570. The van der Waals surface area contributed by atoms with Crippen LogP contribution < -0.4 is 0 Å². The maximum absolute atomic E-state index is 13.6. The molecule has 0 unspecified atom stereocenters. The van der Waals surface area contributed by atoms with Crippen LogP contribution >= 0.6 is 22.7 Å². The molecular weight excluding hydrogens is 508 g/mol. The molecule has 0 radical (unpaired) electrons. The van der Waals surface area contributed by atoms with E-state index in [0.29, 0.717) is 22.5 Å². The second-order valence-electron chi connectivity index (χ2n) is 10.3. The number of hydrogen-bond acceptors (Lipinski definition) is 4. The molecule has 2 aliphatic heterocycles. The van der Waals surface area contributed by atoms with Crippen LogP contribution in [0.4, 0.5) is 0 Å². The Morgan fingerprint density at radius 3 is 1.16 bits per heavy atom. The zero-order valence-corrected chi connectivity index (χ0v) is 23.9. The van der Waals surface area contributed by atoms with E-state index in [-0.39, 0.29) is 11.8 Å². The molecule has 4 nitrogen and oxygen atoms in total. The van der Waals surface area contributed by atoms with Crippen LogP contribution in [0.5, 0.6) is 0 Å². The van der Waals surface area contributed by atoms with Gasteiger partial charge in [0.05, 0.1) is 32.3 Å². The molecule has 190 valence electrons. The summed E-state index contributed by atoms with van der Waals surface area (Å²) in [6.07, 6.45) is 0. The molecule has 0 saturated heterocycles. The number of nitrogens with zero attached hydrogens (tertiary/aromatic N) is 2. The highest BCUT2D eigenvalue weighted by Gasteiger charge is 2.47. The molecule has 38 heavy (non-hydrogen) atoms. The van der Waals surface area contributed by atoms with E-state index in [1.807, 2.05) is 12.1 Å². The summed E-state index contributed by atoms with van der Waals surface area (Å²) in [7, 11) is 3.54. The van der Waals surface area contributed by atoms with Crippen molar-refractivity contribution in [1.82, 2.24) is 9.80 Å². The lowest BCUT2D eigenvalue weighted by molar-refractivity contribution is -0.123. The standard InChI is InChI=1S/C32H28N2O2S2/c1-17-11-18(2)14-21(13-17)23-7-9-25(37-23)29-27-28(32(36)33(29)5)30(34(6)31(27)35)26-10-8-24(38-26)22-15-19(3)12-20(4)16-22/h7-16H,1-6H3. The molecule has 6 rings (SSSR count). The molecule has 0 atom stereocenters. The first-order valence-corrected chi connectivity index (χ1v) is 14.2.